The first-order valence-electron chi connectivity index (χ1n) is 4.15. The van der Waals surface area contributed by atoms with Gasteiger partial charge in [0.1, 0.15) is 0 Å². The van der Waals surface area contributed by atoms with Gasteiger partial charge in [-0.2, -0.15) is 0 Å². The number of nitrogens with one attached hydrogen (secondary N) is 2. The van der Waals surface area contributed by atoms with Gasteiger partial charge in [-0.1, -0.05) is 18.2 Å². The maximum absolute atomic E-state index is 6.86. The van der Waals surface area contributed by atoms with Crippen molar-refractivity contribution in [2.24, 2.45) is 0 Å². The highest BCUT2D eigenvalue weighted by atomic mass is 14.7. The van der Waals surface area contributed by atoms with Gasteiger partial charge in [0.25, 0.3) is 0 Å². The molecule has 0 bridgehead atoms. The molecule has 0 amide bonds. The molecule has 0 fully saturated rings. The molecule has 0 atom stereocenters. The zero-order valence-electron chi connectivity index (χ0n) is 7.12. The first-order chi connectivity index (χ1) is 6.40. The molecule has 2 nitrogen and oxygen atoms in total. The maximum Gasteiger partial charge on any atom is 0.0458 e. The standard InChI is InChI=1S/C11H10N2/c12-7-3-5-10-8-9-4-1-2-6-11(9)13-10/h1-8,12-13H/b5-3-,12-7?. The monoisotopic (exact) mass is 170 g/mol. The minimum Gasteiger partial charge on any atom is -0.355 e. The maximum atomic E-state index is 6.86. The molecule has 2 N–H and O–H groups in total. The molecule has 0 saturated carbocycles. The Balaban J connectivity index is 2.49. The molecule has 0 unspecified atom stereocenters. The van der Waals surface area contributed by atoms with E-state index in [4.69, 9.17) is 5.41 Å². The van der Waals surface area contributed by atoms with E-state index in [-0.39, 0.29) is 0 Å². The number of allylic oxidation sites excluding steroid dienone is 1. The fourth-order valence-corrected chi connectivity index (χ4v) is 1.34. The van der Waals surface area contributed by atoms with E-state index in [0.717, 1.165) is 11.2 Å². The van der Waals surface area contributed by atoms with E-state index in [9.17, 15) is 0 Å². The summed E-state index contributed by atoms with van der Waals surface area (Å²) in [6.07, 6.45) is 4.85. The number of rotatable bonds is 2. The number of fused-ring (bicyclic) bond motifs is 1. The predicted octanol–water partition coefficient (Wildman–Crippen LogP) is 2.83. The van der Waals surface area contributed by atoms with Crippen LogP contribution in [0.25, 0.3) is 17.0 Å². The second-order valence-corrected chi connectivity index (χ2v) is 2.84. The van der Waals surface area contributed by atoms with Crippen molar-refractivity contribution in [3.63, 3.8) is 0 Å². The third-order valence-corrected chi connectivity index (χ3v) is 1.92. The number of para-hydroxylation sites is 1. The Morgan fingerprint density at radius 1 is 1.23 bits per heavy atom. The third kappa shape index (κ3) is 1.51. The van der Waals surface area contributed by atoms with Crippen molar-refractivity contribution in [3.8, 4) is 0 Å². The molecule has 0 radical (unpaired) electrons. The number of aromatic nitrogens is 1. The van der Waals surface area contributed by atoms with Crippen LogP contribution in [0.1, 0.15) is 5.69 Å². The summed E-state index contributed by atoms with van der Waals surface area (Å²) in [6, 6.07) is 10.2. The van der Waals surface area contributed by atoms with Crippen LogP contribution in [0.15, 0.2) is 36.4 Å². The Hall–Kier alpha value is -1.83. The van der Waals surface area contributed by atoms with Gasteiger partial charge < -0.3 is 10.4 Å². The van der Waals surface area contributed by atoms with Crippen LogP contribution in [-0.4, -0.2) is 11.2 Å². The Bertz CT molecular complexity index is 419. The highest BCUT2D eigenvalue weighted by molar-refractivity contribution is 5.84. The Labute approximate surface area is 76.4 Å². The molecule has 2 rings (SSSR count). The van der Waals surface area contributed by atoms with Crippen LogP contribution in [0.3, 0.4) is 0 Å². The zero-order valence-corrected chi connectivity index (χ0v) is 7.12. The van der Waals surface area contributed by atoms with E-state index in [1.807, 2.05) is 24.3 Å². The summed E-state index contributed by atoms with van der Waals surface area (Å²) in [7, 11) is 0. The largest absolute Gasteiger partial charge is 0.355 e. The molecule has 0 aliphatic carbocycles. The van der Waals surface area contributed by atoms with Gasteiger partial charge >= 0.3 is 0 Å². The molecule has 1 heterocycles. The van der Waals surface area contributed by atoms with Crippen molar-refractivity contribution in [3.05, 3.63) is 42.1 Å². The normalized spacial score (nSPS) is 11.1. The number of hydrogen-bond donors (Lipinski definition) is 2. The minimum absolute atomic E-state index is 1.03. The molecule has 0 saturated heterocycles. The number of aromatic amines is 1. The van der Waals surface area contributed by atoms with Gasteiger partial charge in [0.05, 0.1) is 0 Å². The molecule has 2 heteroatoms. The second kappa shape index (κ2) is 3.27. The van der Waals surface area contributed by atoms with E-state index in [1.165, 1.54) is 11.6 Å². The van der Waals surface area contributed by atoms with E-state index in [1.54, 1.807) is 6.08 Å². The average Bonchev–Trinajstić information content (AvgIpc) is 2.57. The summed E-state index contributed by atoms with van der Waals surface area (Å²) in [5, 5.41) is 8.06. The van der Waals surface area contributed by atoms with Gasteiger partial charge in [0, 0.05) is 17.4 Å². The highest BCUT2D eigenvalue weighted by Gasteiger charge is 1.94. The second-order valence-electron chi connectivity index (χ2n) is 2.84. The van der Waals surface area contributed by atoms with E-state index >= 15 is 0 Å². The number of hydrogen-bond acceptors (Lipinski definition) is 1. The summed E-state index contributed by atoms with van der Waals surface area (Å²) >= 11 is 0. The molecule has 1 aromatic carbocycles. The van der Waals surface area contributed by atoms with Crippen molar-refractivity contribution in [1.29, 1.82) is 5.41 Å². The zero-order chi connectivity index (χ0) is 9.10. The quantitative estimate of drug-likeness (QED) is 0.650. The van der Waals surface area contributed by atoms with Crippen LogP contribution in [-0.2, 0) is 0 Å². The van der Waals surface area contributed by atoms with Gasteiger partial charge in [-0.15, -0.1) is 0 Å². The van der Waals surface area contributed by atoms with Gasteiger partial charge in [0.15, 0.2) is 0 Å². The van der Waals surface area contributed by atoms with E-state index < -0.39 is 0 Å². The van der Waals surface area contributed by atoms with Crippen LogP contribution >= 0.6 is 0 Å². The Morgan fingerprint density at radius 3 is 2.85 bits per heavy atom. The van der Waals surface area contributed by atoms with Gasteiger partial charge in [-0.25, -0.2) is 0 Å². The molecule has 64 valence electrons. The average molecular weight is 170 g/mol. The minimum atomic E-state index is 1.03. The fourth-order valence-electron chi connectivity index (χ4n) is 1.34. The summed E-state index contributed by atoms with van der Waals surface area (Å²) in [4.78, 5) is 3.24. The predicted molar refractivity (Wildman–Crippen MR) is 56.1 cm³/mol. The van der Waals surface area contributed by atoms with Crippen LogP contribution < -0.4 is 0 Å². The fraction of sp³-hybridized carbons (Fsp3) is 0. The van der Waals surface area contributed by atoms with Crippen molar-refractivity contribution < 1.29 is 0 Å². The van der Waals surface area contributed by atoms with E-state index in [0.29, 0.717) is 0 Å². The molecule has 0 spiro atoms. The molecule has 13 heavy (non-hydrogen) atoms. The molecular formula is C11H10N2. The molecular weight excluding hydrogens is 160 g/mol. The third-order valence-electron chi connectivity index (χ3n) is 1.92. The number of H-pyrrole nitrogens is 1. The Morgan fingerprint density at radius 2 is 2.08 bits per heavy atom. The molecule has 1 aromatic heterocycles. The van der Waals surface area contributed by atoms with Crippen molar-refractivity contribution in [2.45, 2.75) is 0 Å². The molecule has 0 aliphatic heterocycles. The molecule has 2 aromatic rings. The van der Waals surface area contributed by atoms with Crippen LogP contribution in [0.2, 0.25) is 0 Å². The summed E-state index contributed by atoms with van der Waals surface area (Å²) < 4.78 is 0. The summed E-state index contributed by atoms with van der Waals surface area (Å²) in [5.74, 6) is 0. The lowest BCUT2D eigenvalue weighted by Gasteiger charge is -1.84. The first kappa shape index (κ1) is 7.80. The highest BCUT2D eigenvalue weighted by Crippen LogP contribution is 2.14. The Kier molecular flexibility index (Phi) is 1.96. The van der Waals surface area contributed by atoms with Crippen molar-refractivity contribution in [1.82, 2.24) is 4.98 Å². The van der Waals surface area contributed by atoms with Gasteiger partial charge in [-0.05, 0) is 29.7 Å². The van der Waals surface area contributed by atoms with Crippen molar-refractivity contribution in [2.75, 3.05) is 0 Å². The summed E-state index contributed by atoms with van der Waals surface area (Å²) in [6.45, 7) is 0. The van der Waals surface area contributed by atoms with Crippen LogP contribution in [0.4, 0.5) is 0 Å². The molecule has 0 aliphatic rings. The van der Waals surface area contributed by atoms with Crippen molar-refractivity contribution >= 4 is 23.2 Å². The lowest BCUT2D eigenvalue weighted by Crippen LogP contribution is -1.68. The topological polar surface area (TPSA) is 39.6 Å². The number of benzene rings is 1. The van der Waals surface area contributed by atoms with Crippen LogP contribution in [0, 0.1) is 5.41 Å². The SMILES string of the molecule is N=C/C=C\c1cc2ccccc2[nH]1. The smallest absolute Gasteiger partial charge is 0.0458 e. The lowest BCUT2D eigenvalue weighted by molar-refractivity contribution is 1.43. The van der Waals surface area contributed by atoms with Crippen LogP contribution in [0.5, 0.6) is 0 Å². The van der Waals surface area contributed by atoms with Gasteiger partial charge in [0.2, 0.25) is 0 Å². The lowest BCUT2D eigenvalue weighted by atomic mass is 10.2. The van der Waals surface area contributed by atoms with Gasteiger partial charge in [-0.3, -0.25) is 0 Å². The van der Waals surface area contributed by atoms with E-state index in [2.05, 4.69) is 17.1 Å². The first-order valence-corrected chi connectivity index (χ1v) is 4.15. The summed E-state index contributed by atoms with van der Waals surface area (Å²) in [5.41, 5.74) is 2.16.